The second kappa shape index (κ2) is 7.25. The van der Waals surface area contributed by atoms with Crippen molar-refractivity contribution in [3.05, 3.63) is 29.8 Å². The van der Waals surface area contributed by atoms with Crippen LogP contribution in [0.25, 0.3) is 0 Å². The van der Waals surface area contributed by atoms with E-state index in [1.165, 1.54) is 12.1 Å². The molecule has 0 unspecified atom stereocenters. The van der Waals surface area contributed by atoms with Gasteiger partial charge in [0, 0.05) is 0 Å². The lowest BCUT2D eigenvalue weighted by molar-refractivity contribution is 0.150. The van der Waals surface area contributed by atoms with Gasteiger partial charge in [-0.15, -0.1) is 4.83 Å². The minimum Gasteiger partial charge on any atom is -0.449 e. The summed E-state index contributed by atoms with van der Waals surface area (Å²) in [5, 5.41) is 0. The van der Waals surface area contributed by atoms with Gasteiger partial charge in [0.05, 0.1) is 11.5 Å². The van der Waals surface area contributed by atoms with Gasteiger partial charge in [0.2, 0.25) is 0 Å². The molecule has 20 heavy (non-hydrogen) atoms. The number of rotatable bonds is 6. The van der Waals surface area contributed by atoms with Gasteiger partial charge in [0.15, 0.2) is 0 Å². The Morgan fingerprint density at radius 3 is 2.35 bits per heavy atom. The molecule has 0 aromatic heterocycles. The van der Waals surface area contributed by atoms with E-state index in [0.29, 0.717) is 5.92 Å². The highest BCUT2D eigenvalue weighted by molar-refractivity contribution is 7.89. The van der Waals surface area contributed by atoms with E-state index in [9.17, 15) is 13.2 Å². The number of carbonyl (C=O) groups excluding carboxylic acids is 1. The maximum Gasteiger partial charge on any atom is 0.422 e. The first-order valence-corrected chi connectivity index (χ1v) is 7.93. The summed E-state index contributed by atoms with van der Waals surface area (Å²) in [5.74, 6) is 0.373. The molecule has 0 saturated heterocycles. The molecule has 0 aliphatic rings. The summed E-state index contributed by atoms with van der Waals surface area (Å²) < 4.78 is 28.4. The molecule has 0 fully saturated rings. The SMILES string of the molecule is CCOC(=O)NNS(=O)(=O)c1ccc([C@@H](C)CC)cc1. The van der Waals surface area contributed by atoms with E-state index in [0.717, 1.165) is 12.0 Å². The predicted octanol–water partition coefficient (Wildman–Crippen LogP) is 2.14. The van der Waals surface area contributed by atoms with E-state index >= 15 is 0 Å². The first-order valence-electron chi connectivity index (χ1n) is 6.45. The van der Waals surface area contributed by atoms with Crippen LogP contribution in [-0.4, -0.2) is 21.1 Å². The minimum atomic E-state index is -3.78. The standard InChI is InChI=1S/C13H20N2O4S/c1-4-10(3)11-6-8-12(9-7-11)20(17,18)15-14-13(16)19-5-2/h6-10,15H,4-5H2,1-3H3,(H,14,16)/t10-/m0/s1. The Bertz CT molecular complexity index is 540. The zero-order valence-corrected chi connectivity index (χ0v) is 12.7. The molecule has 2 N–H and O–H groups in total. The Morgan fingerprint density at radius 1 is 1.25 bits per heavy atom. The quantitative estimate of drug-likeness (QED) is 0.788. The van der Waals surface area contributed by atoms with Crippen LogP contribution in [-0.2, 0) is 14.8 Å². The minimum absolute atomic E-state index is 0.0846. The highest BCUT2D eigenvalue weighted by atomic mass is 32.2. The van der Waals surface area contributed by atoms with Crippen LogP contribution in [0.15, 0.2) is 29.2 Å². The van der Waals surface area contributed by atoms with Crippen molar-refractivity contribution in [3.8, 4) is 0 Å². The lowest BCUT2D eigenvalue weighted by Crippen LogP contribution is -2.41. The number of hydrogen-bond donors (Lipinski definition) is 2. The molecule has 6 nitrogen and oxygen atoms in total. The van der Waals surface area contributed by atoms with Crippen molar-refractivity contribution in [3.63, 3.8) is 0 Å². The monoisotopic (exact) mass is 300 g/mol. The van der Waals surface area contributed by atoms with Crippen LogP contribution >= 0.6 is 0 Å². The summed E-state index contributed by atoms with van der Waals surface area (Å²) in [6, 6.07) is 6.56. The second-order valence-electron chi connectivity index (χ2n) is 4.33. The van der Waals surface area contributed by atoms with Crippen LogP contribution < -0.4 is 10.3 Å². The van der Waals surface area contributed by atoms with Gasteiger partial charge in [-0.1, -0.05) is 26.0 Å². The topological polar surface area (TPSA) is 84.5 Å². The fourth-order valence-corrected chi connectivity index (χ4v) is 2.38. The van der Waals surface area contributed by atoms with Crippen molar-refractivity contribution in [2.45, 2.75) is 38.0 Å². The van der Waals surface area contributed by atoms with Gasteiger partial charge >= 0.3 is 6.09 Å². The van der Waals surface area contributed by atoms with E-state index in [-0.39, 0.29) is 11.5 Å². The lowest BCUT2D eigenvalue weighted by atomic mass is 9.99. The van der Waals surface area contributed by atoms with Crippen molar-refractivity contribution in [1.82, 2.24) is 10.3 Å². The number of benzene rings is 1. The highest BCUT2D eigenvalue weighted by Crippen LogP contribution is 2.20. The second-order valence-corrected chi connectivity index (χ2v) is 6.01. The largest absolute Gasteiger partial charge is 0.449 e. The number of amides is 1. The molecule has 0 aliphatic carbocycles. The van der Waals surface area contributed by atoms with E-state index in [1.807, 2.05) is 10.3 Å². The number of hydrogen-bond acceptors (Lipinski definition) is 4. The molecule has 0 aliphatic heterocycles. The molecule has 1 rings (SSSR count). The van der Waals surface area contributed by atoms with Crippen LogP contribution in [0.5, 0.6) is 0 Å². The third kappa shape index (κ3) is 4.50. The Balaban J connectivity index is 2.75. The molecule has 7 heteroatoms. The Labute approximate surface area is 119 Å². The van der Waals surface area contributed by atoms with Gasteiger partial charge in [-0.25, -0.2) is 18.6 Å². The van der Waals surface area contributed by atoms with Crippen LogP contribution in [0.3, 0.4) is 0 Å². The van der Waals surface area contributed by atoms with Crippen LogP contribution in [0, 0.1) is 0 Å². The smallest absolute Gasteiger partial charge is 0.422 e. The van der Waals surface area contributed by atoms with Gasteiger partial charge in [-0.2, -0.15) is 0 Å². The summed E-state index contributed by atoms with van der Waals surface area (Å²) >= 11 is 0. The van der Waals surface area contributed by atoms with Gasteiger partial charge < -0.3 is 4.74 Å². The van der Waals surface area contributed by atoms with Crippen molar-refractivity contribution in [2.24, 2.45) is 0 Å². The fourth-order valence-electron chi connectivity index (χ4n) is 1.55. The molecule has 0 bridgehead atoms. The van der Waals surface area contributed by atoms with E-state index < -0.39 is 16.1 Å². The normalized spacial score (nSPS) is 12.8. The molecule has 0 spiro atoms. The average Bonchev–Trinajstić information content (AvgIpc) is 2.45. The van der Waals surface area contributed by atoms with Crippen LogP contribution in [0.2, 0.25) is 0 Å². The van der Waals surface area contributed by atoms with Gasteiger partial charge in [0.25, 0.3) is 10.0 Å². The van der Waals surface area contributed by atoms with Crippen LogP contribution in [0.4, 0.5) is 4.79 Å². The zero-order chi connectivity index (χ0) is 15.2. The first kappa shape index (κ1) is 16.5. The first-order chi connectivity index (χ1) is 9.40. The number of carbonyl (C=O) groups is 1. The maximum atomic E-state index is 11.9. The summed E-state index contributed by atoms with van der Waals surface area (Å²) in [5.41, 5.74) is 3.05. The van der Waals surface area contributed by atoms with Crippen molar-refractivity contribution >= 4 is 16.1 Å². The molecule has 112 valence electrons. The summed E-state index contributed by atoms with van der Waals surface area (Å²) in [7, 11) is -3.78. The number of sulfonamides is 1. The van der Waals surface area contributed by atoms with Gasteiger partial charge in [-0.05, 0) is 37.0 Å². The fraction of sp³-hybridized carbons (Fsp3) is 0.462. The van der Waals surface area contributed by atoms with Gasteiger partial charge in [0.1, 0.15) is 0 Å². The molecule has 0 heterocycles. The third-order valence-electron chi connectivity index (χ3n) is 2.93. The Morgan fingerprint density at radius 2 is 1.85 bits per heavy atom. The predicted molar refractivity (Wildman–Crippen MR) is 75.6 cm³/mol. The van der Waals surface area contributed by atoms with E-state index in [1.54, 1.807) is 19.1 Å². The molecule has 0 radical (unpaired) electrons. The number of hydrazine groups is 1. The zero-order valence-electron chi connectivity index (χ0n) is 11.8. The highest BCUT2D eigenvalue weighted by Gasteiger charge is 2.15. The average molecular weight is 300 g/mol. The van der Waals surface area contributed by atoms with Gasteiger partial charge in [-0.3, -0.25) is 0 Å². The number of nitrogens with one attached hydrogen (secondary N) is 2. The van der Waals surface area contributed by atoms with Crippen molar-refractivity contribution < 1.29 is 17.9 Å². The Hall–Kier alpha value is -1.60. The van der Waals surface area contributed by atoms with E-state index in [2.05, 4.69) is 18.6 Å². The molecule has 0 saturated carbocycles. The van der Waals surface area contributed by atoms with E-state index in [4.69, 9.17) is 0 Å². The molecule has 1 atom stereocenters. The summed E-state index contributed by atoms with van der Waals surface area (Å²) in [6.45, 7) is 5.93. The maximum absolute atomic E-state index is 11.9. The third-order valence-corrected chi connectivity index (χ3v) is 4.20. The molecular weight excluding hydrogens is 280 g/mol. The van der Waals surface area contributed by atoms with Crippen LogP contribution in [0.1, 0.15) is 38.7 Å². The summed E-state index contributed by atoms with van der Waals surface area (Å²) in [6.07, 6.45) is 0.140. The lowest BCUT2D eigenvalue weighted by Gasteiger charge is -2.11. The van der Waals surface area contributed by atoms with Crippen molar-refractivity contribution in [1.29, 1.82) is 0 Å². The molecule has 1 amide bonds. The van der Waals surface area contributed by atoms with Crippen molar-refractivity contribution in [2.75, 3.05) is 6.61 Å². The molecule has 1 aromatic carbocycles. The Kier molecular flexibility index (Phi) is 5.97. The molecule has 1 aromatic rings. The number of ether oxygens (including phenoxy) is 1. The molecular formula is C13H20N2O4S. The summed E-state index contributed by atoms with van der Waals surface area (Å²) in [4.78, 5) is 13.1.